The lowest BCUT2D eigenvalue weighted by Gasteiger charge is -2.12. The van der Waals surface area contributed by atoms with Crippen LogP contribution in [-0.2, 0) is 0 Å². The molecule has 2 heterocycles. The van der Waals surface area contributed by atoms with Crippen molar-refractivity contribution in [2.45, 2.75) is 10.5 Å². The molecular formula is C15H11ClN4S. The minimum Gasteiger partial charge on any atom is -0.304 e. The molecule has 6 heteroatoms. The molecule has 1 atom stereocenters. The molecule has 1 aromatic heterocycles. The summed E-state index contributed by atoms with van der Waals surface area (Å²) in [7, 11) is 0. The number of rotatable bonds is 2. The molecule has 3 aromatic rings. The van der Waals surface area contributed by atoms with Crippen molar-refractivity contribution in [2.75, 3.05) is 5.43 Å². The van der Waals surface area contributed by atoms with Gasteiger partial charge in [-0.25, -0.2) is 4.68 Å². The van der Waals surface area contributed by atoms with Crippen LogP contribution in [0.1, 0.15) is 10.9 Å². The second-order valence-corrected chi connectivity index (χ2v) is 6.19. The van der Waals surface area contributed by atoms with Gasteiger partial charge < -0.3 is 5.43 Å². The highest BCUT2D eigenvalue weighted by Crippen LogP contribution is 2.40. The Hall–Kier alpha value is -1.98. The van der Waals surface area contributed by atoms with Gasteiger partial charge in [0.25, 0.3) is 0 Å². The van der Waals surface area contributed by atoms with E-state index in [1.54, 1.807) is 11.8 Å². The molecule has 0 bridgehead atoms. The van der Waals surface area contributed by atoms with E-state index in [0.29, 0.717) is 0 Å². The Morgan fingerprint density at radius 2 is 1.76 bits per heavy atom. The van der Waals surface area contributed by atoms with E-state index in [-0.39, 0.29) is 5.37 Å². The largest absolute Gasteiger partial charge is 0.304 e. The van der Waals surface area contributed by atoms with Crippen LogP contribution in [0.25, 0.3) is 11.4 Å². The predicted molar refractivity (Wildman–Crippen MR) is 84.9 cm³/mol. The van der Waals surface area contributed by atoms with E-state index in [2.05, 4.69) is 15.6 Å². The molecule has 1 N–H and O–H groups in total. The third-order valence-corrected chi connectivity index (χ3v) is 4.65. The van der Waals surface area contributed by atoms with Crippen LogP contribution in [0.2, 0.25) is 5.02 Å². The molecule has 0 fully saturated rings. The monoisotopic (exact) mass is 314 g/mol. The van der Waals surface area contributed by atoms with Crippen molar-refractivity contribution < 1.29 is 0 Å². The van der Waals surface area contributed by atoms with Crippen LogP contribution in [-0.4, -0.2) is 14.9 Å². The molecule has 1 aliphatic rings. The number of hydrogen-bond acceptors (Lipinski definition) is 4. The summed E-state index contributed by atoms with van der Waals surface area (Å²) in [6, 6.07) is 17.9. The van der Waals surface area contributed by atoms with Gasteiger partial charge in [0.1, 0.15) is 5.37 Å². The fourth-order valence-corrected chi connectivity index (χ4v) is 3.39. The second kappa shape index (κ2) is 5.09. The number of hydrogen-bond donors (Lipinski definition) is 1. The zero-order valence-corrected chi connectivity index (χ0v) is 12.5. The van der Waals surface area contributed by atoms with Gasteiger partial charge in [-0.3, -0.25) is 0 Å². The molecule has 0 aliphatic carbocycles. The molecular weight excluding hydrogens is 304 g/mol. The summed E-state index contributed by atoms with van der Waals surface area (Å²) < 4.78 is 1.94. The molecule has 0 unspecified atom stereocenters. The predicted octanol–water partition coefficient (Wildman–Crippen LogP) is 3.95. The molecule has 1 aliphatic heterocycles. The first-order valence-electron chi connectivity index (χ1n) is 6.51. The molecule has 0 saturated carbocycles. The summed E-state index contributed by atoms with van der Waals surface area (Å²) in [4.78, 5) is 0. The Kier molecular flexibility index (Phi) is 3.09. The van der Waals surface area contributed by atoms with Crippen LogP contribution in [0.3, 0.4) is 0 Å². The van der Waals surface area contributed by atoms with Gasteiger partial charge >= 0.3 is 0 Å². The number of fused-ring (bicyclic) bond motifs is 1. The zero-order chi connectivity index (χ0) is 14.2. The molecule has 2 aromatic carbocycles. The summed E-state index contributed by atoms with van der Waals surface area (Å²) in [6.45, 7) is 0. The Bertz CT molecular complexity index is 770. The lowest BCUT2D eigenvalue weighted by Crippen LogP contribution is -2.13. The van der Waals surface area contributed by atoms with Gasteiger partial charge in [0.05, 0.1) is 0 Å². The highest BCUT2D eigenvalue weighted by atomic mass is 35.5. The van der Waals surface area contributed by atoms with E-state index in [1.807, 2.05) is 59.3 Å². The van der Waals surface area contributed by atoms with Gasteiger partial charge in [-0.2, -0.15) is 0 Å². The number of thioether (sulfide) groups is 1. The van der Waals surface area contributed by atoms with Gasteiger partial charge in [-0.05, 0) is 17.7 Å². The van der Waals surface area contributed by atoms with E-state index >= 15 is 0 Å². The van der Waals surface area contributed by atoms with Gasteiger partial charge in [0.2, 0.25) is 5.16 Å². The number of benzene rings is 2. The number of halogens is 1. The highest BCUT2D eigenvalue weighted by Gasteiger charge is 2.27. The minimum atomic E-state index is 0.121. The van der Waals surface area contributed by atoms with Crippen LogP contribution in [0.15, 0.2) is 59.8 Å². The van der Waals surface area contributed by atoms with Crippen molar-refractivity contribution in [2.24, 2.45) is 0 Å². The number of aromatic nitrogens is 3. The summed E-state index contributed by atoms with van der Waals surface area (Å²) in [6.07, 6.45) is 0. The van der Waals surface area contributed by atoms with Crippen LogP contribution < -0.4 is 5.43 Å². The van der Waals surface area contributed by atoms with E-state index < -0.39 is 0 Å². The van der Waals surface area contributed by atoms with Crippen LogP contribution >= 0.6 is 23.4 Å². The number of nitrogens with zero attached hydrogens (tertiary/aromatic N) is 3. The lowest BCUT2D eigenvalue weighted by molar-refractivity contribution is 0.792. The molecule has 4 nitrogen and oxygen atoms in total. The first-order valence-corrected chi connectivity index (χ1v) is 7.76. The van der Waals surface area contributed by atoms with Crippen molar-refractivity contribution in [1.82, 2.24) is 14.9 Å². The third-order valence-electron chi connectivity index (χ3n) is 3.31. The molecule has 0 amide bonds. The molecule has 4 rings (SSSR count). The Morgan fingerprint density at radius 1 is 1.00 bits per heavy atom. The van der Waals surface area contributed by atoms with Crippen molar-refractivity contribution in [3.8, 4) is 11.4 Å². The van der Waals surface area contributed by atoms with E-state index in [9.17, 15) is 0 Å². The van der Waals surface area contributed by atoms with E-state index in [1.165, 1.54) is 0 Å². The molecule has 21 heavy (non-hydrogen) atoms. The van der Waals surface area contributed by atoms with Crippen molar-refractivity contribution >= 4 is 23.4 Å². The normalized spacial score (nSPS) is 16.5. The van der Waals surface area contributed by atoms with Gasteiger partial charge in [-0.15, -0.1) is 10.2 Å². The third kappa shape index (κ3) is 2.28. The van der Waals surface area contributed by atoms with Gasteiger partial charge in [-0.1, -0.05) is 65.8 Å². The summed E-state index contributed by atoms with van der Waals surface area (Å²) in [5.41, 5.74) is 5.63. The van der Waals surface area contributed by atoms with Gasteiger partial charge in [0.15, 0.2) is 5.82 Å². The fourth-order valence-electron chi connectivity index (χ4n) is 2.27. The highest BCUT2D eigenvalue weighted by molar-refractivity contribution is 7.99. The topological polar surface area (TPSA) is 42.7 Å². The first-order chi connectivity index (χ1) is 10.3. The van der Waals surface area contributed by atoms with Crippen molar-refractivity contribution in [3.63, 3.8) is 0 Å². The SMILES string of the molecule is Clc1ccc([C@H]2Nn3c(nnc3-c3ccccc3)S2)cc1. The maximum Gasteiger partial charge on any atom is 0.212 e. The lowest BCUT2D eigenvalue weighted by atomic mass is 10.2. The van der Waals surface area contributed by atoms with E-state index in [0.717, 1.165) is 27.1 Å². The molecule has 0 spiro atoms. The average Bonchev–Trinajstić information content (AvgIpc) is 3.09. The quantitative estimate of drug-likeness (QED) is 0.778. The minimum absolute atomic E-state index is 0.121. The second-order valence-electron chi connectivity index (χ2n) is 4.69. The Morgan fingerprint density at radius 3 is 2.52 bits per heavy atom. The van der Waals surface area contributed by atoms with Crippen molar-refractivity contribution in [3.05, 3.63) is 65.2 Å². The Labute approximate surface area is 131 Å². The van der Waals surface area contributed by atoms with Crippen LogP contribution in [0.4, 0.5) is 0 Å². The fraction of sp³-hybridized carbons (Fsp3) is 0.0667. The summed E-state index contributed by atoms with van der Waals surface area (Å²) in [5.74, 6) is 0.828. The van der Waals surface area contributed by atoms with Gasteiger partial charge in [0, 0.05) is 10.6 Å². The summed E-state index contributed by atoms with van der Waals surface area (Å²) >= 11 is 7.58. The molecule has 0 saturated heterocycles. The van der Waals surface area contributed by atoms with Crippen LogP contribution in [0, 0.1) is 0 Å². The van der Waals surface area contributed by atoms with Crippen molar-refractivity contribution in [1.29, 1.82) is 0 Å². The van der Waals surface area contributed by atoms with E-state index in [4.69, 9.17) is 11.6 Å². The van der Waals surface area contributed by atoms with Crippen LogP contribution in [0.5, 0.6) is 0 Å². The average molecular weight is 315 g/mol. The molecule has 104 valence electrons. The summed E-state index contributed by atoms with van der Waals surface area (Å²) in [5, 5.41) is 10.2. The maximum atomic E-state index is 5.94. The first kappa shape index (κ1) is 12.7. The maximum absolute atomic E-state index is 5.94. The Balaban J connectivity index is 1.66. The smallest absolute Gasteiger partial charge is 0.212 e. The number of nitrogens with one attached hydrogen (secondary N) is 1. The molecule has 0 radical (unpaired) electrons. The zero-order valence-electron chi connectivity index (χ0n) is 10.9. The standard InChI is InChI=1S/C15H11ClN4S/c16-12-8-6-11(7-9-12)14-19-20-13(17-18-15(20)21-14)10-4-2-1-3-5-10/h1-9,14,19H/t14-/m0/s1.